The molecular weight excluding hydrogens is 553 g/mol. The minimum absolute atomic E-state index is 0.0372. The summed E-state index contributed by atoms with van der Waals surface area (Å²) >= 11 is 13.0. The molecule has 0 spiro atoms. The Labute approximate surface area is 230 Å². The molecule has 2 aromatic carbocycles. The van der Waals surface area contributed by atoms with Crippen LogP contribution in [0, 0.1) is 5.92 Å². The zero-order chi connectivity index (χ0) is 26.7. The summed E-state index contributed by atoms with van der Waals surface area (Å²) < 4.78 is 27.4. The van der Waals surface area contributed by atoms with Gasteiger partial charge in [-0.05, 0) is 36.2 Å². The van der Waals surface area contributed by atoms with Gasteiger partial charge in [0.15, 0.2) is 0 Å². The molecule has 0 saturated carbocycles. The van der Waals surface area contributed by atoms with E-state index >= 15 is 0 Å². The van der Waals surface area contributed by atoms with Crippen LogP contribution in [0.25, 0.3) is 0 Å². The Bertz CT molecular complexity index is 1460. The second kappa shape index (κ2) is 11.3. The minimum atomic E-state index is -4.06. The molecule has 1 aromatic heterocycles. The summed E-state index contributed by atoms with van der Waals surface area (Å²) in [5.41, 5.74) is 2.70. The summed E-state index contributed by atoms with van der Waals surface area (Å²) in [4.78, 5) is 32.9. The lowest BCUT2D eigenvalue weighted by molar-refractivity contribution is -0.121. The van der Waals surface area contributed by atoms with E-state index in [1.54, 1.807) is 18.2 Å². The second-order valence-electron chi connectivity index (χ2n) is 8.66. The van der Waals surface area contributed by atoms with Crippen molar-refractivity contribution in [3.63, 3.8) is 0 Å². The van der Waals surface area contributed by atoms with Crippen LogP contribution in [0.3, 0.4) is 0 Å². The van der Waals surface area contributed by atoms with Crippen molar-refractivity contribution < 1.29 is 18.0 Å². The number of nitrogens with one attached hydrogen (secondary N) is 1. The normalized spacial score (nSPS) is 16.5. The quantitative estimate of drug-likeness (QED) is 0.379. The summed E-state index contributed by atoms with van der Waals surface area (Å²) in [5.74, 6) is -1.07. The highest BCUT2D eigenvalue weighted by Gasteiger charge is 2.35. The maximum Gasteiger partial charge on any atom is 0.273 e. The summed E-state index contributed by atoms with van der Waals surface area (Å²) in [7, 11) is -4.06. The molecule has 0 aliphatic carbocycles. The van der Waals surface area contributed by atoms with Crippen LogP contribution in [0.5, 0.6) is 0 Å². The van der Waals surface area contributed by atoms with Crippen LogP contribution in [0.2, 0.25) is 9.36 Å². The monoisotopic (exact) mass is 577 g/mol. The fraction of sp³-hybridized carbons (Fsp3) is 0.269. The number of rotatable bonds is 8. The average Bonchev–Trinajstić information content (AvgIpc) is 3.28. The Morgan fingerprint density at radius 1 is 1.14 bits per heavy atom. The molecule has 0 saturated heterocycles. The van der Waals surface area contributed by atoms with Gasteiger partial charge in [-0.1, -0.05) is 73.8 Å². The molecule has 0 unspecified atom stereocenters. The van der Waals surface area contributed by atoms with Crippen LogP contribution < -0.4 is 9.62 Å². The molecule has 2 amide bonds. The van der Waals surface area contributed by atoms with E-state index in [0.717, 1.165) is 23.3 Å². The molecule has 0 radical (unpaired) electrons. The number of hydrogen-bond donors (Lipinski definition) is 1. The van der Waals surface area contributed by atoms with E-state index in [1.807, 2.05) is 44.2 Å². The van der Waals surface area contributed by atoms with Crippen molar-refractivity contribution in [1.29, 1.82) is 0 Å². The van der Waals surface area contributed by atoms with E-state index in [1.165, 1.54) is 17.0 Å². The van der Waals surface area contributed by atoms with Crippen molar-refractivity contribution in [3.05, 3.63) is 81.1 Å². The molecule has 37 heavy (non-hydrogen) atoms. The number of hydrogen-bond acceptors (Lipinski definition) is 6. The summed E-state index contributed by atoms with van der Waals surface area (Å²) in [6.45, 7) is 3.91. The Balaban J connectivity index is 1.68. The number of benzene rings is 2. The molecule has 1 aliphatic heterocycles. The first kappa shape index (κ1) is 27.3. The number of carbonyl (C=O) groups excluding carboxylic acids is 2. The number of anilines is 1. The smallest absolute Gasteiger partial charge is 0.273 e. The van der Waals surface area contributed by atoms with Gasteiger partial charge in [0.1, 0.15) is 10.3 Å². The molecule has 3 aromatic rings. The molecule has 194 valence electrons. The SMILES string of the molecule is CC[C@H](C)[C@@H]1N=C(c2ccccc2)c2cc(Cl)ccc2N(CCC(=O)NS(=O)(=O)c2ccc(Cl)s2)C1=O. The van der Waals surface area contributed by atoms with Gasteiger partial charge in [0.05, 0.1) is 15.7 Å². The number of amides is 2. The third-order valence-corrected chi connectivity index (χ3v) is 9.48. The summed E-state index contributed by atoms with van der Waals surface area (Å²) in [6, 6.07) is 16.8. The lowest BCUT2D eigenvalue weighted by Crippen LogP contribution is -2.43. The number of sulfonamides is 1. The van der Waals surface area contributed by atoms with E-state index in [4.69, 9.17) is 28.2 Å². The van der Waals surface area contributed by atoms with Crippen LogP contribution in [0.1, 0.15) is 37.8 Å². The van der Waals surface area contributed by atoms with E-state index < -0.39 is 22.0 Å². The summed E-state index contributed by atoms with van der Waals surface area (Å²) in [5, 5.41) is 0.482. The first-order valence-corrected chi connectivity index (χ1v) is 14.7. The Morgan fingerprint density at radius 2 is 1.86 bits per heavy atom. The topological polar surface area (TPSA) is 95.9 Å². The number of aliphatic imine (C=N–C) groups is 1. The van der Waals surface area contributed by atoms with Gasteiger partial charge in [-0.25, -0.2) is 13.1 Å². The molecule has 1 N–H and O–H groups in total. The van der Waals surface area contributed by atoms with Gasteiger partial charge >= 0.3 is 0 Å². The maximum absolute atomic E-state index is 13.8. The predicted octanol–water partition coefficient (Wildman–Crippen LogP) is 5.55. The highest BCUT2D eigenvalue weighted by molar-refractivity contribution is 7.92. The van der Waals surface area contributed by atoms with Crippen molar-refractivity contribution in [2.75, 3.05) is 11.4 Å². The molecule has 7 nitrogen and oxygen atoms in total. The lowest BCUT2D eigenvalue weighted by atomic mass is 9.98. The third-order valence-electron chi connectivity index (χ3n) is 6.15. The minimum Gasteiger partial charge on any atom is -0.309 e. The van der Waals surface area contributed by atoms with Crippen molar-refractivity contribution in [3.8, 4) is 0 Å². The average molecular weight is 579 g/mol. The fourth-order valence-electron chi connectivity index (χ4n) is 4.03. The standard InChI is InChI=1S/C26H25Cl2N3O4S2/c1-3-16(2)24-26(33)31(14-13-22(32)30-37(34,35)23-12-11-21(28)36-23)20-10-9-18(27)15-19(20)25(29-24)17-7-5-4-6-8-17/h4-12,15-16,24H,3,13-14H2,1-2H3,(H,30,32)/t16-,24-/m0/s1. The number of carbonyl (C=O) groups is 2. The maximum atomic E-state index is 13.8. The van der Waals surface area contributed by atoms with E-state index in [2.05, 4.69) is 4.72 Å². The van der Waals surface area contributed by atoms with Crippen molar-refractivity contribution in [2.45, 2.75) is 36.9 Å². The first-order valence-electron chi connectivity index (χ1n) is 11.7. The van der Waals surface area contributed by atoms with E-state index in [9.17, 15) is 18.0 Å². The van der Waals surface area contributed by atoms with Gasteiger partial charge in [-0.15, -0.1) is 11.3 Å². The molecular formula is C26H25Cl2N3O4S2. The largest absolute Gasteiger partial charge is 0.309 e. The number of halogens is 2. The molecule has 2 atom stereocenters. The molecule has 0 bridgehead atoms. The van der Waals surface area contributed by atoms with E-state index in [0.29, 0.717) is 26.3 Å². The van der Waals surface area contributed by atoms with Gasteiger partial charge in [-0.2, -0.15) is 0 Å². The zero-order valence-corrected chi connectivity index (χ0v) is 23.3. The van der Waals surface area contributed by atoms with Crippen LogP contribution in [-0.2, 0) is 19.6 Å². The molecule has 11 heteroatoms. The number of benzodiazepines with no additional fused rings is 1. The van der Waals surface area contributed by atoms with Crippen LogP contribution >= 0.6 is 34.5 Å². The molecule has 4 rings (SSSR count). The van der Waals surface area contributed by atoms with Crippen molar-refractivity contribution in [1.82, 2.24) is 4.72 Å². The van der Waals surface area contributed by atoms with Gasteiger partial charge in [0, 0.05) is 29.1 Å². The predicted molar refractivity (Wildman–Crippen MR) is 148 cm³/mol. The highest BCUT2D eigenvalue weighted by atomic mass is 35.5. The Hall–Kier alpha value is -2.72. The van der Waals surface area contributed by atoms with Crippen molar-refractivity contribution >= 4 is 67.8 Å². The van der Waals surface area contributed by atoms with Crippen molar-refractivity contribution in [2.24, 2.45) is 10.9 Å². The molecule has 0 fully saturated rings. The number of fused-ring (bicyclic) bond motifs is 1. The fourth-order valence-corrected chi connectivity index (χ4v) is 6.70. The van der Waals surface area contributed by atoms with Crippen LogP contribution in [-0.4, -0.2) is 38.5 Å². The highest BCUT2D eigenvalue weighted by Crippen LogP contribution is 2.33. The second-order valence-corrected chi connectivity index (χ2v) is 12.7. The van der Waals surface area contributed by atoms with Crippen LogP contribution in [0.15, 0.2) is 69.9 Å². The lowest BCUT2D eigenvalue weighted by Gasteiger charge is -2.27. The van der Waals surface area contributed by atoms with Gasteiger partial charge in [0.25, 0.3) is 15.9 Å². The van der Waals surface area contributed by atoms with Gasteiger partial charge in [-0.3, -0.25) is 14.6 Å². The Kier molecular flexibility index (Phi) is 8.38. The first-order chi connectivity index (χ1) is 17.6. The molecule has 1 aliphatic rings. The Morgan fingerprint density at radius 3 is 2.51 bits per heavy atom. The van der Waals surface area contributed by atoms with E-state index in [-0.39, 0.29) is 29.0 Å². The van der Waals surface area contributed by atoms with Gasteiger partial charge < -0.3 is 4.90 Å². The molecule has 2 heterocycles. The number of nitrogens with zero attached hydrogens (tertiary/aromatic N) is 2. The number of thiophene rings is 1. The van der Waals surface area contributed by atoms with Crippen LogP contribution in [0.4, 0.5) is 5.69 Å². The zero-order valence-electron chi connectivity index (χ0n) is 20.1. The van der Waals surface area contributed by atoms with Gasteiger partial charge in [0.2, 0.25) is 5.91 Å². The summed E-state index contributed by atoms with van der Waals surface area (Å²) in [6.07, 6.45) is 0.481. The third kappa shape index (κ3) is 6.06.